The number of Topliss-reactive ketones (excluding diaryl/α,β-unsaturated/α-hetero) is 1. The fraction of sp³-hybridized carbons (Fsp3) is 0.267. The van der Waals surface area contributed by atoms with Gasteiger partial charge in [0, 0.05) is 17.3 Å². The van der Waals surface area contributed by atoms with Crippen LogP contribution < -0.4 is 19.1 Å². The summed E-state index contributed by atoms with van der Waals surface area (Å²) in [5.74, 6) is 0.0426. The Morgan fingerprint density at radius 2 is 1.70 bits per heavy atom. The molecule has 3 aromatic rings. The number of anilines is 1. The van der Waals surface area contributed by atoms with Crippen molar-refractivity contribution in [3.05, 3.63) is 89.0 Å². The number of aliphatic hydroxyl groups excluding tert-OH is 1. The van der Waals surface area contributed by atoms with Crippen molar-refractivity contribution in [1.29, 1.82) is 0 Å². The normalized spacial score (nSPS) is 16.8. The van der Waals surface area contributed by atoms with Gasteiger partial charge in [-0.1, -0.05) is 18.2 Å². The summed E-state index contributed by atoms with van der Waals surface area (Å²) in [6.45, 7) is 7.98. The van der Waals surface area contributed by atoms with Crippen LogP contribution in [0.1, 0.15) is 43.5 Å². The minimum absolute atomic E-state index is 0.00165. The van der Waals surface area contributed by atoms with E-state index in [0.717, 1.165) is 0 Å². The summed E-state index contributed by atoms with van der Waals surface area (Å²) < 4.78 is 16.8. The molecular weight excluding hydrogens is 470 g/mol. The number of carbonyl (C=O) groups is 2. The molecule has 0 aliphatic carbocycles. The van der Waals surface area contributed by atoms with Crippen LogP contribution in [0.4, 0.5) is 5.69 Å². The molecule has 7 nitrogen and oxygen atoms in total. The molecule has 0 saturated carbocycles. The number of rotatable bonds is 8. The molecule has 7 heteroatoms. The first-order valence-corrected chi connectivity index (χ1v) is 12.2. The lowest BCUT2D eigenvalue weighted by Crippen LogP contribution is -2.29. The fourth-order valence-corrected chi connectivity index (χ4v) is 4.51. The van der Waals surface area contributed by atoms with Gasteiger partial charge in [-0.05, 0) is 81.3 Å². The van der Waals surface area contributed by atoms with Gasteiger partial charge < -0.3 is 19.3 Å². The van der Waals surface area contributed by atoms with Gasteiger partial charge in [0.1, 0.15) is 23.0 Å². The second-order valence-corrected chi connectivity index (χ2v) is 9.02. The Morgan fingerprint density at radius 1 is 0.973 bits per heavy atom. The lowest BCUT2D eigenvalue weighted by Gasteiger charge is -2.26. The first kappa shape index (κ1) is 25.8. The van der Waals surface area contributed by atoms with Crippen molar-refractivity contribution in [1.82, 2.24) is 0 Å². The number of aryl methyl sites for hydroxylation is 1. The summed E-state index contributed by atoms with van der Waals surface area (Å²) in [5.41, 5.74) is 2.27. The van der Waals surface area contributed by atoms with E-state index >= 15 is 0 Å². The van der Waals surface area contributed by atoms with Crippen LogP contribution in [0.2, 0.25) is 0 Å². The molecule has 1 aliphatic heterocycles. The molecule has 37 heavy (non-hydrogen) atoms. The summed E-state index contributed by atoms with van der Waals surface area (Å²) in [7, 11) is 1.56. The Labute approximate surface area is 216 Å². The average molecular weight is 502 g/mol. The third-order valence-corrected chi connectivity index (χ3v) is 6.09. The molecule has 1 saturated heterocycles. The van der Waals surface area contributed by atoms with Gasteiger partial charge in [0.25, 0.3) is 11.7 Å². The third kappa shape index (κ3) is 5.16. The molecule has 1 unspecified atom stereocenters. The number of hydrogen-bond acceptors (Lipinski definition) is 6. The van der Waals surface area contributed by atoms with Crippen molar-refractivity contribution in [2.24, 2.45) is 0 Å². The van der Waals surface area contributed by atoms with Crippen LogP contribution in [0.5, 0.6) is 17.2 Å². The van der Waals surface area contributed by atoms with Crippen molar-refractivity contribution in [3.8, 4) is 17.2 Å². The first-order chi connectivity index (χ1) is 17.7. The van der Waals surface area contributed by atoms with Gasteiger partial charge >= 0.3 is 0 Å². The van der Waals surface area contributed by atoms with Gasteiger partial charge in [0.2, 0.25) is 0 Å². The molecule has 0 spiro atoms. The number of benzene rings is 3. The first-order valence-electron chi connectivity index (χ1n) is 12.2. The van der Waals surface area contributed by atoms with Crippen LogP contribution in [0, 0.1) is 6.92 Å². The summed E-state index contributed by atoms with van der Waals surface area (Å²) in [6, 6.07) is 18.5. The molecule has 1 fully saturated rings. The highest BCUT2D eigenvalue weighted by Gasteiger charge is 2.47. The van der Waals surface area contributed by atoms with E-state index in [1.165, 1.54) is 4.90 Å². The second kappa shape index (κ2) is 10.8. The maximum absolute atomic E-state index is 13.5. The number of aliphatic hydroxyl groups is 1. The van der Waals surface area contributed by atoms with Crippen LogP contribution >= 0.6 is 0 Å². The van der Waals surface area contributed by atoms with Crippen LogP contribution in [0.25, 0.3) is 5.76 Å². The van der Waals surface area contributed by atoms with Gasteiger partial charge in [0.15, 0.2) is 0 Å². The predicted molar refractivity (Wildman–Crippen MR) is 142 cm³/mol. The van der Waals surface area contributed by atoms with E-state index in [1.807, 2.05) is 45.9 Å². The molecule has 0 radical (unpaired) electrons. The van der Waals surface area contributed by atoms with Gasteiger partial charge in [-0.3, -0.25) is 14.5 Å². The Morgan fingerprint density at radius 3 is 2.38 bits per heavy atom. The van der Waals surface area contributed by atoms with E-state index < -0.39 is 17.7 Å². The molecule has 0 aromatic heterocycles. The summed E-state index contributed by atoms with van der Waals surface area (Å²) in [6.07, 6.45) is -0.0635. The number of ketones is 1. The minimum Gasteiger partial charge on any atom is -0.507 e. The number of methoxy groups -OCH3 is 1. The summed E-state index contributed by atoms with van der Waals surface area (Å²) in [4.78, 5) is 28.4. The predicted octanol–water partition coefficient (Wildman–Crippen LogP) is 5.82. The monoisotopic (exact) mass is 501 g/mol. The molecule has 1 heterocycles. The van der Waals surface area contributed by atoms with E-state index in [-0.39, 0.29) is 17.4 Å². The molecule has 1 atom stereocenters. The van der Waals surface area contributed by atoms with Crippen LogP contribution in [-0.2, 0) is 9.59 Å². The van der Waals surface area contributed by atoms with Crippen LogP contribution in [-0.4, -0.2) is 36.6 Å². The Bertz CT molecular complexity index is 1360. The van der Waals surface area contributed by atoms with Crippen molar-refractivity contribution >= 4 is 23.1 Å². The zero-order valence-corrected chi connectivity index (χ0v) is 21.6. The van der Waals surface area contributed by atoms with Gasteiger partial charge in [0.05, 0.1) is 31.4 Å². The van der Waals surface area contributed by atoms with Gasteiger partial charge in [-0.25, -0.2) is 0 Å². The molecule has 1 amide bonds. The topological polar surface area (TPSA) is 85.3 Å². The van der Waals surface area contributed by atoms with E-state index in [1.54, 1.807) is 55.6 Å². The number of carbonyl (C=O) groups excluding carboxylic acids is 2. The largest absolute Gasteiger partial charge is 0.507 e. The molecule has 1 N–H and O–H groups in total. The number of hydrogen-bond donors (Lipinski definition) is 1. The van der Waals surface area contributed by atoms with E-state index in [4.69, 9.17) is 14.2 Å². The molecule has 1 aliphatic rings. The Balaban J connectivity index is 1.94. The highest BCUT2D eigenvalue weighted by molar-refractivity contribution is 6.51. The van der Waals surface area contributed by atoms with Crippen molar-refractivity contribution < 1.29 is 28.9 Å². The van der Waals surface area contributed by atoms with Crippen molar-refractivity contribution in [2.75, 3.05) is 18.6 Å². The maximum atomic E-state index is 13.5. The summed E-state index contributed by atoms with van der Waals surface area (Å²) in [5, 5.41) is 11.5. The third-order valence-electron chi connectivity index (χ3n) is 6.09. The Kier molecular flexibility index (Phi) is 7.53. The van der Waals surface area contributed by atoms with Crippen molar-refractivity contribution in [2.45, 2.75) is 39.8 Å². The SMILES string of the molecule is CCOc1cccc(N2C(=O)C(=O)/C(=C(/O)c3ccc(OC)cc3C)C2c2cccc(OC(C)C)c2)c1. The zero-order valence-electron chi connectivity index (χ0n) is 21.6. The second-order valence-electron chi connectivity index (χ2n) is 9.02. The van der Waals surface area contributed by atoms with Crippen LogP contribution in [0.15, 0.2) is 72.3 Å². The van der Waals surface area contributed by atoms with E-state index in [0.29, 0.717) is 46.2 Å². The number of nitrogens with zero attached hydrogens (tertiary/aromatic N) is 1. The average Bonchev–Trinajstić information content (AvgIpc) is 3.14. The zero-order chi connectivity index (χ0) is 26.7. The molecule has 192 valence electrons. The van der Waals surface area contributed by atoms with Crippen molar-refractivity contribution in [3.63, 3.8) is 0 Å². The van der Waals surface area contributed by atoms with E-state index in [2.05, 4.69) is 0 Å². The maximum Gasteiger partial charge on any atom is 0.300 e. The highest BCUT2D eigenvalue weighted by Crippen LogP contribution is 2.44. The molecule has 4 rings (SSSR count). The lowest BCUT2D eigenvalue weighted by molar-refractivity contribution is -0.132. The molecular formula is C30H31NO6. The fourth-order valence-electron chi connectivity index (χ4n) is 4.51. The Hall–Kier alpha value is -4.26. The molecule has 0 bridgehead atoms. The standard InChI is InChI=1S/C30H31NO6/c1-6-36-23-11-8-10-21(17-23)31-27(20-9-7-12-24(16-20)37-18(2)3)26(29(33)30(31)34)28(32)25-14-13-22(35-5)15-19(25)4/h7-18,27,32H,6H2,1-5H3/b28-26+. The van der Waals surface area contributed by atoms with Gasteiger partial charge in [-0.2, -0.15) is 0 Å². The van der Waals surface area contributed by atoms with Crippen LogP contribution in [0.3, 0.4) is 0 Å². The number of ether oxygens (including phenoxy) is 3. The highest BCUT2D eigenvalue weighted by atomic mass is 16.5. The van der Waals surface area contributed by atoms with E-state index in [9.17, 15) is 14.7 Å². The lowest BCUT2D eigenvalue weighted by atomic mass is 9.93. The molecule has 3 aromatic carbocycles. The van der Waals surface area contributed by atoms with Gasteiger partial charge in [-0.15, -0.1) is 0 Å². The smallest absolute Gasteiger partial charge is 0.300 e. The number of amides is 1. The summed E-state index contributed by atoms with van der Waals surface area (Å²) >= 11 is 0. The minimum atomic E-state index is -0.880. The quantitative estimate of drug-likeness (QED) is 0.238.